The van der Waals surface area contributed by atoms with Crippen molar-refractivity contribution in [2.24, 2.45) is 5.73 Å². The summed E-state index contributed by atoms with van der Waals surface area (Å²) in [6, 6.07) is 3.73. The lowest BCUT2D eigenvalue weighted by atomic mass is 10.2. The van der Waals surface area contributed by atoms with E-state index in [0.29, 0.717) is 5.56 Å². The van der Waals surface area contributed by atoms with Crippen LogP contribution in [0.15, 0.2) is 23.1 Å². The fourth-order valence-corrected chi connectivity index (χ4v) is 2.64. The van der Waals surface area contributed by atoms with Gasteiger partial charge < -0.3 is 10.5 Å². The molecular formula is C13H17FN2O3S. The van der Waals surface area contributed by atoms with Gasteiger partial charge in [-0.1, -0.05) is 11.8 Å². The topological polar surface area (TPSA) is 72.6 Å². The fourth-order valence-electron chi connectivity index (χ4n) is 1.45. The number of sulfonamides is 1. The monoisotopic (exact) mass is 300 g/mol. The smallest absolute Gasteiger partial charge is 0.245 e. The van der Waals surface area contributed by atoms with Crippen molar-refractivity contribution in [1.29, 1.82) is 0 Å². The van der Waals surface area contributed by atoms with E-state index in [-0.39, 0.29) is 24.6 Å². The van der Waals surface area contributed by atoms with Crippen LogP contribution >= 0.6 is 0 Å². The standard InChI is InChI=1S/C13H17FN2O3S/c1-16(8-9-19-2)20(17,18)13-6-5-11(4-3-7-15)10-12(13)14/h5-6,10H,7-9,15H2,1-2H3. The summed E-state index contributed by atoms with van der Waals surface area (Å²) in [6.07, 6.45) is 0. The van der Waals surface area contributed by atoms with Crippen LogP contribution in [0.25, 0.3) is 0 Å². The molecule has 0 unspecified atom stereocenters. The Morgan fingerprint density at radius 3 is 2.70 bits per heavy atom. The van der Waals surface area contributed by atoms with E-state index in [4.69, 9.17) is 10.5 Å². The molecule has 20 heavy (non-hydrogen) atoms. The third kappa shape index (κ3) is 4.02. The van der Waals surface area contributed by atoms with Gasteiger partial charge in [-0.15, -0.1) is 0 Å². The molecule has 0 amide bonds. The average molecular weight is 300 g/mol. The van der Waals surface area contributed by atoms with E-state index in [2.05, 4.69) is 11.8 Å². The van der Waals surface area contributed by atoms with Gasteiger partial charge in [0.05, 0.1) is 13.2 Å². The van der Waals surface area contributed by atoms with Crippen molar-refractivity contribution >= 4 is 10.0 Å². The van der Waals surface area contributed by atoms with E-state index in [1.54, 1.807) is 0 Å². The van der Waals surface area contributed by atoms with Crippen LogP contribution in [-0.2, 0) is 14.8 Å². The first kappa shape index (κ1) is 16.6. The number of likely N-dealkylation sites (N-methyl/N-ethyl adjacent to an activating group) is 1. The maximum atomic E-state index is 13.9. The fraction of sp³-hybridized carbons (Fsp3) is 0.385. The van der Waals surface area contributed by atoms with Gasteiger partial charge in [-0.2, -0.15) is 4.31 Å². The second-order valence-corrected chi connectivity index (χ2v) is 5.98. The van der Waals surface area contributed by atoms with Gasteiger partial charge in [0.15, 0.2) is 0 Å². The lowest BCUT2D eigenvalue weighted by Gasteiger charge is -2.17. The first-order valence-electron chi connectivity index (χ1n) is 5.87. The molecule has 0 atom stereocenters. The highest BCUT2D eigenvalue weighted by Gasteiger charge is 2.24. The molecule has 0 spiro atoms. The highest BCUT2D eigenvalue weighted by Crippen LogP contribution is 2.19. The van der Waals surface area contributed by atoms with E-state index in [1.807, 2.05) is 0 Å². The summed E-state index contributed by atoms with van der Waals surface area (Å²) in [7, 11) is -1.04. The third-order valence-corrected chi connectivity index (χ3v) is 4.46. The molecular weight excluding hydrogens is 283 g/mol. The summed E-state index contributed by atoms with van der Waals surface area (Å²) in [6.45, 7) is 0.534. The molecule has 0 saturated carbocycles. The van der Waals surface area contributed by atoms with Gasteiger partial charge >= 0.3 is 0 Å². The summed E-state index contributed by atoms with van der Waals surface area (Å²) >= 11 is 0. The number of hydrogen-bond donors (Lipinski definition) is 1. The minimum absolute atomic E-state index is 0.146. The van der Waals surface area contributed by atoms with Crippen molar-refractivity contribution in [2.45, 2.75) is 4.90 Å². The molecule has 0 aliphatic heterocycles. The Bertz CT molecular complexity index is 620. The average Bonchev–Trinajstić information content (AvgIpc) is 2.42. The molecule has 110 valence electrons. The van der Waals surface area contributed by atoms with Gasteiger partial charge in [0.1, 0.15) is 10.7 Å². The van der Waals surface area contributed by atoms with E-state index in [9.17, 15) is 12.8 Å². The predicted molar refractivity (Wildman–Crippen MR) is 74.0 cm³/mol. The van der Waals surface area contributed by atoms with Gasteiger partial charge in [-0.05, 0) is 18.2 Å². The number of ether oxygens (including phenoxy) is 1. The first-order chi connectivity index (χ1) is 9.43. The molecule has 1 aromatic carbocycles. The molecule has 0 bridgehead atoms. The van der Waals surface area contributed by atoms with Gasteiger partial charge in [0.25, 0.3) is 0 Å². The van der Waals surface area contributed by atoms with Crippen molar-refractivity contribution < 1.29 is 17.5 Å². The number of halogens is 1. The van der Waals surface area contributed by atoms with Crippen molar-refractivity contribution in [3.63, 3.8) is 0 Å². The Hall–Kier alpha value is -1.46. The maximum Gasteiger partial charge on any atom is 0.245 e. The van der Waals surface area contributed by atoms with Crippen LogP contribution in [0.1, 0.15) is 5.56 Å². The van der Waals surface area contributed by atoms with Crippen LogP contribution < -0.4 is 5.73 Å². The van der Waals surface area contributed by atoms with Gasteiger partial charge in [0.2, 0.25) is 10.0 Å². The first-order valence-corrected chi connectivity index (χ1v) is 7.31. The molecule has 7 heteroatoms. The summed E-state index contributed by atoms with van der Waals surface area (Å²) in [5, 5.41) is 0. The quantitative estimate of drug-likeness (QED) is 0.799. The Morgan fingerprint density at radius 2 is 2.15 bits per heavy atom. The molecule has 0 aromatic heterocycles. The Balaban J connectivity index is 3.07. The molecule has 0 saturated heterocycles. The van der Waals surface area contributed by atoms with Crippen molar-refractivity contribution in [3.8, 4) is 11.8 Å². The molecule has 0 fully saturated rings. The maximum absolute atomic E-state index is 13.9. The van der Waals surface area contributed by atoms with Crippen LogP contribution in [0.4, 0.5) is 4.39 Å². The second-order valence-electron chi connectivity index (χ2n) is 3.97. The molecule has 1 aromatic rings. The number of hydrogen-bond acceptors (Lipinski definition) is 4. The highest BCUT2D eigenvalue weighted by molar-refractivity contribution is 7.89. The number of nitrogens with two attached hydrogens (primary N) is 1. The van der Waals surface area contributed by atoms with Crippen molar-refractivity contribution in [2.75, 3.05) is 33.9 Å². The predicted octanol–water partition coefficient (Wildman–Crippen LogP) is 0.403. The number of rotatable bonds is 5. The van der Waals surface area contributed by atoms with Gasteiger partial charge in [-0.3, -0.25) is 0 Å². The highest BCUT2D eigenvalue weighted by atomic mass is 32.2. The summed E-state index contributed by atoms with van der Waals surface area (Å²) in [5.74, 6) is 4.38. The SMILES string of the molecule is COCCN(C)S(=O)(=O)c1ccc(C#CCN)cc1F. The van der Waals surface area contributed by atoms with Crippen molar-refractivity contribution in [1.82, 2.24) is 4.31 Å². The molecule has 2 N–H and O–H groups in total. The zero-order valence-corrected chi connectivity index (χ0v) is 12.2. The zero-order chi connectivity index (χ0) is 15.2. The molecule has 0 aliphatic rings. The Morgan fingerprint density at radius 1 is 1.45 bits per heavy atom. The van der Waals surface area contributed by atoms with Gasteiger partial charge in [0, 0.05) is 26.3 Å². The minimum atomic E-state index is -3.87. The van der Waals surface area contributed by atoms with Gasteiger partial charge in [-0.25, -0.2) is 12.8 Å². The molecule has 0 aliphatic carbocycles. The third-order valence-electron chi connectivity index (χ3n) is 2.57. The molecule has 0 heterocycles. The number of nitrogens with zero attached hydrogens (tertiary/aromatic N) is 1. The minimum Gasteiger partial charge on any atom is -0.383 e. The summed E-state index contributed by atoms with van der Waals surface area (Å²) < 4.78 is 44.1. The largest absolute Gasteiger partial charge is 0.383 e. The summed E-state index contributed by atoms with van der Waals surface area (Å²) in [4.78, 5) is -0.380. The summed E-state index contributed by atoms with van der Waals surface area (Å²) in [5.41, 5.74) is 5.60. The van der Waals surface area contributed by atoms with E-state index in [0.717, 1.165) is 10.4 Å². The van der Waals surface area contributed by atoms with Crippen molar-refractivity contribution in [3.05, 3.63) is 29.6 Å². The van der Waals surface area contributed by atoms with Crippen LogP contribution in [0.3, 0.4) is 0 Å². The van der Waals surface area contributed by atoms with Crippen LogP contribution in [0.5, 0.6) is 0 Å². The Kier molecular flexibility index (Phi) is 6.10. The Labute approximate surface area is 118 Å². The normalized spacial score (nSPS) is 11.2. The molecule has 1 rings (SSSR count). The van der Waals surface area contributed by atoms with E-state index < -0.39 is 15.8 Å². The lowest BCUT2D eigenvalue weighted by Crippen LogP contribution is -2.30. The van der Waals surface area contributed by atoms with Crippen LogP contribution in [-0.4, -0.2) is 46.6 Å². The van der Waals surface area contributed by atoms with E-state index in [1.165, 1.54) is 26.3 Å². The zero-order valence-electron chi connectivity index (χ0n) is 11.4. The lowest BCUT2D eigenvalue weighted by molar-refractivity contribution is 0.185. The van der Waals surface area contributed by atoms with Crippen LogP contribution in [0, 0.1) is 17.7 Å². The number of methoxy groups -OCH3 is 1. The number of benzene rings is 1. The second kappa shape index (κ2) is 7.36. The molecule has 5 nitrogen and oxygen atoms in total. The molecule has 0 radical (unpaired) electrons. The van der Waals surface area contributed by atoms with E-state index >= 15 is 0 Å². The van der Waals surface area contributed by atoms with Crippen LogP contribution in [0.2, 0.25) is 0 Å².